The highest BCUT2D eigenvalue weighted by Gasteiger charge is 2.39. The summed E-state index contributed by atoms with van der Waals surface area (Å²) in [5, 5.41) is 23.5. The van der Waals surface area contributed by atoms with E-state index >= 15 is 0 Å². The molecule has 0 spiro atoms. The second kappa shape index (κ2) is 10.6. The Bertz CT molecular complexity index is 1520. The lowest BCUT2D eigenvalue weighted by molar-refractivity contribution is -0.0370. The summed E-state index contributed by atoms with van der Waals surface area (Å²) in [6.45, 7) is 3.30. The average molecular weight is 561 g/mol. The van der Waals surface area contributed by atoms with E-state index in [0.29, 0.717) is 35.1 Å². The van der Waals surface area contributed by atoms with Crippen molar-refractivity contribution in [1.82, 2.24) is 34.3 Å². The minimum atomic E-state index is -4.00. The number of nitrogens with zero attached hydrogens (tertiary/aromatic N) is 7. The fraction of sp³-hybridized carbons (Fsp3) is 0.458. The molecule has 2 N–H and O–H groups in total. The fourth-order valence-corrected chi connectivity index (χ4v) is 6.24. The van der Waals surface area contributed by atoms with Crippen molar-refractivity contribution < 1.29 is 18.3 Å². The maximum Gasteiger partial charge on any atom is 0.239 e. The minimum absolute atomic E-state index is 0.0145. The molecule has 0 aliphatic heterocycles. The molecule has 4 aromatic rings. The number of anilines is 1. The van der Waals surface area contributed by atoms with Crippen LogP contribution in [-0.4, -0.2) is 72.4 Å². The molecule has 1 aliphatic rings. The first kappa shape index (κ1) is 26.5. The summed E-state index contributed by atoms with van der Waals surface area (Å²) in [6, 6.07) is 4.99. The summed E-state index contributed by atoms with van der Waals surface area (Å²) >= 11 is 5.89. The number of sulfonamides is 1. The number of nitrogens with one attached hydrogen (secondary N) is 1. The standard InChI is InChI=1S/C24H29ClN8O4S/c1-14(22-26-11-16(25)12-27-22)15(2)38(35,36)31-24-30-29-23(17-13-28-32-10-5-4-7-18(17)32)33(24)21-19(34)8-6-9-20(21)37-3/h4-5,7,10-15,19-21,34H,6,8-9H2,1-3H3,(H,30,31)/t14-,15-,19+,20-,21?/m0/s1. The molecule has 5 rings (SSSR count). The minimum Gasteiger partial charge on any atom is -0.391 e. The van der Waals surface area contributed by atoms with Gasteiger partial charge in [0.05, 0.1) is 45.8 Å². The molecule has 4 heterocycles. The Labute approximate surface area is 225 Å². The Hall–Kier alpha value is -3.13. The summed E-state index contributed by atoms with van der Waals surface area (Å²) in [6.07, 6.45) is 7.14. The number of methoxy groups -OCH3 is 1. The van der Waals surface area contributed by atoms with Gasteiger partial charge in [-0.25, -0.2) is 22.9 Å². The van der Waals surface area contributed by atoms with E-state index in [1.807, 2.05) is 18.2 Å². The lowest BCUT2D eigenvalue weighted by atomic mass is 9.89. The highest BCUT2D eigenvalue weighted by atomic mass is 35.5. The molecule has 1 saturated carbocycles. The zero-order valence-corrected chi connectivity index (χ0v) is 22.7. The molecule has 1 fully saturated rings. The number of aliphatic hydroxyl groups excluding tert-OH is 1. The zero-order chi connectivity index (χ0) is 27.0. The van der Waals surface area contributed by atoms with Crippen LogP contribution >= 0.6 is 11.6 Å². The van der Waals surface area contributed by atoms with Gasteiger partial charge in [-0.15, -0.1) is 10.2 Å². The van der Waals surface area contributed by atoms with Crippen molar-refractivity contribution in [2.75, 3.05) is 11.8 Å². The van der Waals surface area contributed by atoms with Crippen molar-refractivity contribution in [3.63, 3.8) is 0 Å². The van der Waals surface area contributed by atoms with Crippen LogP contribution in [0.3, 0.4) is 0 Å². The summed E-state index contributed by atoms with van der Waals surface area (Å²) in [5.41, 5.74) is 1.41. The van der Waals surface area contributed by atoms with Crippen molar-refractivity contribution >= 4 is 33.1 Å². The zero-order valence-electron chi connectivity index (χ0n) is 21.1. The monoisotopic (exact) mass is 560 g/mol. The molecular weight excluding hydrogens is 532 g/mol. The van der Waals surface area contributed by atoms with E-state index in [1.54, 1.807) is 42.4 Å². The van der Waals surface area contributed by atoms with Gasteiger partial charge in [-0.1, -0.05) is 24.6 Å². The third-order valence-corrected chi connectivity index (χ3v) is 9.25. The van der Waals surface area contributed by atoms with Gasteiger partial charge < -0.3 is 9.84 Å². The Morgan fingerprint density at radius 3 is 2.66 bits per heavy atom. The maximum atomic E-state index is 13.6. The maximum absolute atomic E-state index is 13.6. The molecule has 1 aliphatic carbocycles. The van der Waals surface area contributed by atoms with E-state index in [9.17, 15) is 13.5 Å². The third-order valence-electron chi connectivity index (χ3n) is 7.20. The number of pyridine rings is 1. The first-order chi connectivity index (χ1) is 18.2. The van der Waals surface area contributed by atoms with Crippen LogP contribution in [0, 0.1) is 0 Å². The van der Waals surface area contributed by atoms with Gasteiger partial charge in [-0.3, -0.25) is 9.29 Å². The number of fused-ring (bicyclic) bond motifs is 1. The van der Waals surface area contributed by atoms with Crippen molar-refractivity contribution in [1.29, 1.82) is 0 Å². The number of ether oxygens (including phenoxy) is 1. The van der Waals surface area contributed by atoms with Crippen LogP contribution in [0.1, 0.15) is 50.9 Å². The molecule has 0 saturated heterocycles. The third kappa shape index (κ3) is 4.86. The molecule has 38 heavy (non-hydrogen) atoms. The summed E-state index contributed by atoms with van der Waals surface area (Å²) < 4.78 is 38.8. The van der Waals surface area contributed by atoms with Gasteiger partial charge in [0.15, 0.2) is 5.82 Å². The van der Waals surface area contributed by atoms with Gasteiger partial charge in [0, 0.05) is 31.6 Å². The van der Waals surface area contributed by atoms with Gasteiger partial charge in [-0.2, -0.15) is 5.10 Å². The number of aliphatic hydroxyl groups is 1. The summed E-state index contributed by atoms with van der Waals surface area (Å²) in [7, 11) is -2.42. The van der Waals surface area contributed by atoms with Crippen LogP contribution in [-0.2, 0) is 14.8 Å². The van der Waals surface area contributed by atoms with E-state index in [-0.39, 0.29) is 12.1 Å². The van der Waals surface area contributed by atoms with E-state index in [1.165, 1.54) is 12.4 Å². The number of aromatic nitrogens is 7. The second-order valence-electron chi connectivity index (χ2n) is 9.47. The van der Waals surface area contributed by atoms with E-state index in [2.05, 4.69) is 30.0 Å². The molecule has 0 bridgehead atoms. The lowest BCUT2D eigenvalue weighted by Gasteiger charge is -2.36. The fourth-order valence-electron chi connectivity index (χ4n) is 4.90. The van der Waals surface area contributed by atoms with Crippen molar-refractivity contribution in [2.45, 2.75) is 62.5 Å². The van der Waals surface area contributed by atoms with Gasteiger partial charge in [0.1, 0.15) is 5.82 Å². The molecule has 5 atom stereocenters. The lowest BCUT2D eigenvalue weighted by Crippen LogP contribution is -2.40. The summed E-state index contributed by atoms with van der Waals surface area (Å²) in [5.74, 6) is 0.160. The largest absolute Gasteiger partial charge is 0.391 e. The Kier molecular flexibility index (Phi) is 7.36. The molecule has 202 valence electrons. The van der Waals surface area contributed by atoms with Crippen LogP contribution in [0.25, 0.3) is 16.9 Å². The molecule has 1 unspecified atom stereocenters. The molecule has 0 radical (unpaired) electrons. The normalized spacial score (nSPS) is 21.9. The average Bonchev–Trinajstić information content (AvgIpc) is 3.51. The van der Waals surface area contributed by atoms with Crippen molar-refractivity contribution in [3.8, 4) is 11.4 Å². The predicted octanol–water partition coefficient (Wildman–Crippen LogP) is 3.07. The van der Waals surface area contributed by atoms with E-state index in [0.717, 1.165) is 11.9 Å². The Morgan fingerprint density at radius 1 is 1.16 bits per heavy atom. The van der Waals surface area contributed by atoms with Crippen LogP contribution in [0.2, 0.25) is 5.02 Å². The highest BCUT2D eigenvalue weighted by Crippen LogP contribution is 2.38. The van der Waals surface area contributed by atoms with Crippen molar-refractivity contribution in [2.24, 2.45) is 0 Å². The Balaban J connectivity index is 1.57. The van der Waals surface area contributed by atoms with Crippen LogP contribution in [0.15, 0.2) is 43.0 Å². The van der Waals surface area contributed by atoms with Crippen molar-refractivity contribution in [3.05, 3.63) is 53.8 Å². The molecule has 0 amide bonds. The summed E-state index contributed by atoms with van der Waals surface area (Å²) in [4.78, 5) is 8.36. The smallest absolute Gasteiger partial charge is 0.239 e. The first-order valence-electron chi connectivity index (χ1n) is 12.3. The molecule has 0 aromatic carbocycles. The molecule has 4 aromatic heterocycles. The van der Waals surface area contributed by atoms with Gasteiger partial charge >= 0.3 is 0 Å². The number of halogens is 1. The van der Waals surface area contributed by atoms with Gasteiger partial charge in [-0.05, 0) is 38.3 Å². The number of rotatable bonds is 8. The highest BCUT2D eigenvalue weighted by molar-refractivity contribution is 7.93. The predicted molar refractivity (Wildman–Crippen MR) is 141 cm³/mol. The van der Waals surface area contributed by atoms with Crippen LogP contribution in [0.5, 0.6) is 0 Å². The second-order valence-corrected chi connectivity index (χ2v) is 11.9. The molecule has 12 nitrogen and oxygen atoms in total. The topological polar surface area (TPSA) is 149 Å². The molecular formula is C24H29ClN8O4S. The number of hydrogen-bond donors (Lipinski definition) is 2. The molecule has 14 heteroatoms. The Morgan fingerprint density at radius 2 is 1.92 bits per heavy atom. The quantitative estimate of drug-likeness (QED) is 0.331. The van der Waals surface area contributed by atoms with Crippen LogP contribution < -0.4 is 4.72 Å². The number of hydrogen-bond acceptors (Lipinski definition) is 9. The van der Waals surface area contributed by atoms with Crippen LogP contribution in [0.4, 0.5) is 5.95 Å². The van der Waals surface area contributed by atoms with Gasteiger partial charge in [0.2, 0.25) is 16.0 Å². The SMILES string of the molecule is CO[C@H]1CCC[C@@H](O)C1n1c(NS(=O)(=O)[C@@H](C)[C@H](C)c2ncc(Cl)cn2)nnc1-c1cnn2ccccc12. The van der Waals surface area contributed by atoms with E-state index in [4.69, 9.17) is 16.3 Å². The van der Waals surface area contributed by atoms with Gasteiger partial charge in [0.25, 0.3) is 0 Å². The first-order valence-corrected chi connectivity index (χ1v) is 14.2. The van der Waals surface area contributed by atoms with E-state index < -0.39 is 33.3 Å².